The maximum atomic E-state index is 13.2. The molecule has 0 unspecified atom stereocenters. The molecule has 0 saturated heterocycles. The normalized spacial score (nSPS) is 11.8. The Kier molecular flexibility index (Phi) is 7.42. The van der Waals surface area contributed by atoms with Crippen LogP contribution in [0.2, 0.25) is 0 Å². The van der Waals surface area contributed by atoms with Crippen LogP contribution in [0.3, 0.4) is 0 Å². The lowest BCUT2D eigenvalue weighted by molar-refractivity contribution is 0.0940. The molecule has 5 nitrogen and oxygen atoms in total. The first kappa shape index (κ1) is 26.1. The van der Waals surface area contributed by atoms with E-state index in [1.165, 1.54) is 27.9 Å². The summed E-state index contributed by atoms with van der Waals surface area (Å²) in [5.41, 5.74) is 8.72. The van der Waals surface area contributed by atoms with Gasteiger partial charge in [0.25, 0.3) is 5.91 Å². The third kappa shape index (κ3) is 5.39. The fraction of sp³-hybridized carbons (Fsp3) is 0.206. The van der Waals surface area contributed by atoms with Crippen LogP contribution in [0.15, 0.2) is 91.0 Å². The largest absolute Gasteiger partial charge is 0.497 e. The van der Waals surface area contributed by atoms with Gasteiger partial charge in [-0.15, -0.1) is 0 Å². The zero-order chi connectivity index (χ0) is 27.5. The predicted octanol–water partition coefficient (Wildman–Crippen LogP) is 7.48. The molecule has 1 heterocycles. The van der Waals surface area contributed by atoms with E-state index in [1.54, 1.807) is 14.2 Å². The Bertz CT molecular complexity index is 1600. The number of rotatable bonds is 8. The van der Waals surface area contributed by atoms with E-state index in [-0.39, 0.29) is 11.9 Å². The predicted molar refractivity (Wildman–Crippen MR) is 158 cm³/mol. The molecule has 0 bridgehead atoms. The minimum Gasteiger partial charge on any atom is -0.497 e. The Morgan fingerprint density at radius 1 is 0.821 bits per heavy atom. The molecule has 4 aromatic carbocycles. The number of benzene rings is 4. The summed E-state index contributed by atoms with van der Waals surface area (Å²) >= 11 is 0. The molecule has 1 aromatic heterocycles. The maximum absolute atomic E-state index is 13.2. The standard InChI is InChI=1S/C34H34N2O3/c1-22-24(3)36(21-25-11-13-27(14-12-25)26-9-7-6-8-10-26)33-16-15-28(19-32(22)33)34(37)35-23(2)29-17-30(38-4)20-31(18-29)39-5/h6-20,23H,21H2,1-5H3,(H,35,37)/t23-/m0/s1. The van der Waals surface area contributed by atoms with Gasteiger partial charge in [0.15, 0.2) is 0 Å². The second kappa shape index (κ2) is 11.1. The van der Waals surface area contributed by atoms with Crippen molar-refractivity contribution in [1.82, 2.24) is 9.88 Å². The van der Waals surface area contributed by atoms with Gasteiger partial charge in [0.1, 0.15) is 11.5 Å². The van der Waals surface area contributed by atoms with Crippen LogP contribution in [-0.2, 0) is 6.54 Å². The van der Waals surface area contributed by atoms with Crippen LogP contribution < -0.4 is 14.8 Å². The van der Waals surface area contributed by atoms with Gasteiger partial charge in [-0.25, -0.2) is 0 Å². The van der Waals surface area contributed by atoms with E-state index in [1.807, 2.05) is 43.3 Å². The van der Waals surface area contributed by atoms with Gasteiger partial charge in [0.05, 0.1) is 20.3 Å². The summed E-state index contributed by atoms with van der Waals surface area (Å²) in [6.45, 7) is 7.00. The summed E-state index contributed by atoms with van der Waals surface area (Å²) in [5.74, 6) is 1.26. The Hall–Kier alpha value is -4.51. The van der Waals surface area contributed by atoms with Gasteiger partial charge in [-0.1, -0.05) is 54.6 Å². The molecule has 39 heavy (non-hydrogen) atoms. The lowest BCUT2D eigenvalue weighted by Gasteiger charge is -2.17. The first-order chi connectivity index (χ1) is 18.9. The van der Waals surface area contributed by atoms with E-state index in [9.17, 15) is 4.79 Å². The van der Waals surface area contributed by atoms with Crippen LogP contribution in [0.4, 0.5) is 0 Å². The SMILES string of the molecule is COc1cc(OC)cc([C@H](C)NC(=O)c2ccc3c(c2)c(C)c(C)n3Cc2ccc(-c3ccccc3)cc2)c1. The summed E-state index contributed by atoms with van der Waals surface area (Å²) in [4.78, 5) is 13.2. The highest BCUT2D eigenvalue weighted by atomic mass is 16.5. The smallest absolute Gasteiger partial charge is 0.251 e. The Balaban J connectivity index is 1.37. The molecular weight excluding hydrogens is 484 g/mol. The number of nitrogens with one attached hydrogen (secondary N) is 1. The number of hydrogen-bond acceptors (Lipinski definition) is 3. The molecule has 0 radical (unpaired) electrons. The first-order valence-electron chi connectivity index (χ1n) is 13.2. The number of amides is 1. The molecule has 5 aromatic rings. The molecule has 0 aliphatic carbocycles. The average Bonchev–Trinajstić information content (AvgIpc) is 3.21. The van der Waals surface area contributed by atoms with Crippen molar-refractivity contribution in [3.63, 3.8) is 0 Å². The van der Waals surface area contributed by atoms with Gasteiger partial charge in [-0.2, -0.15) is 0 Å². The molecule has 0 aliphatic heterocycles. The number of nitrogens with zero attached hydrogens (tertiary/aromatic N) is 1. The number of aryl methyl sites for hydroxylation is 1. The number of fused-ring (bicyclic) bond motifs is 1. The van der Waals surface area contributed by atoms with Crippen molar-refractivity contribution in [2.24, 2.45) is 0 Å². The molecule has 0 fully saturated rings. The lowest BCUT2D eigenvalue weighted by Crippen LogP contribution is -2.26. The average molecular weight is 519 g/mol. The quantitative estimate of drug-likeness (QED) is 0.232. The van der Waals surface area contributed by atoms with Gasteiger partial charge >= 0.3 is 0 Å². The van der Waals surface area contributed by atoms with Crippen LogP contribution in [0.5, 0.6) is 11.5 Å². The van der Waals surface area contributed by atoms with Crippen molar-refractivity contribution >= 4 is 16.8 Å². The van der Waals surface area contributed by atoms with Crippen molar-refractivity contribution < 1.29 is 14.3 Å². The van der Waals surface area contributed by atoms with E-state index < -0.39 is 0 Å². The third-order valence-corrected chi connectivity index (χ3v) is 7.52. The summed E-state index contributed by atoms with van der Waals surface area (Å²) in [6.07, 6.45) is 0. The van der Waals surface area contributed by atoms with Crippen LogP contribution in [0.25, 0.3) is 22.0 Å². The number of ether oxygens (including phenoxy) is 2. The molecular formula is C34H34N2O3. The van der Waals surface area contributed by atoms with E-state index in [0.717, 1.165) is 23.0 Å². The maximum Gasteiger partial charge on any atom is 0.251 e. The van der Waals surface area contributed by atoms with Crippen LogP contribution in [-0.4, -0.2) is 24.7 Å². The number of hydrogen-bond donors (Lipinski definition) is 1. The van der Waals surface area contributed by atoms with E-state index in [2.05, 4.69) is 78.3 Å². The van der Waals surface area contributed by atoms with Gasteiger partial charge in [0.2, 0.25) is 0 Å². The van der Waals surface area contributed by atoms with Crippen LogP contribution >= 0.6 is 0 Å². The molecule has 1 atom stereocenters. The monoisotopic (exact) mass is 518 g/mol. The number of methoxy groups -OCH3 is 2. The number of carbonyl (C=O) groups is 1. The van der Waals surface area contributed by atoms with Crippen molar-refractivity contribution in [2.45, 2.75) is 33.4 Å². The molecule has 0 saturated carbocycles. The van der Waals surface area contributed by atoms with Crippen LogP contribution in [0, 0.1) is 13.8 Å². The highest BCUT2D eigenvalue weighted by molar-refractivity contribution is 5.99. The van der Waals surface area contributed by atoms with Crippen LogP contribution in [0.1, 0.15) is 45.7 Å². The minimum atomic E-state index is -0.219. The highest BCUT2D eigenvalue weighted by Gasteiger charge is 2.17. The van der Waals surface area contributed by atoms with Crippen molar-refractivity contribution in [3.8, 4) is 22.6 Å². The Morgan fingerprint density at radius 2 is 1.46 bits per heavy atom. The Morgan fingerprint density at radius 3 is 2.10 bits per heavy atom. The van der Waals surface area contributed by atoms with Gasteiger partial charge in [-0.05, 0) is 78.9 Å². The zero-order valence-corrected chi connectivity index (χ0v) is 23.1. The van der Waals surface area contributed by atoms with E-state index in [4.69, 9.17) is 9.47 Å². The van der Waals surface area contributed by atoms with Crippen molar-refractivity contribution in [3.05, 3.63) is 119 Å². The van der Waals surface area contributed by atoms with E-state index in [0.29, 0.717) is 17.1 Å². The third-order valence-electron chi connectivity index (χ3n) is 7.52. The molecule has 0 spiro atoms. The highest BCUT2D eigenvalue weighted by Crippen LogP contribution is 2.29. The number of carbonyl (C=O) groups excluding carboxylic acids is 1. The molecule has 5 rings (SSSR count). The zero-order valence-electron chi connectivity index (χ0n) is 23.1. The molecule has 198 valence electrons. The van der Waals surface area contributed by atoms with Crippen molar-refractivity contribution in [2.75, 3.05) is 14.2 Å². The molecule has 5 heteroatoms. The summed E-state index contributed by atoms with van der Waals surface area (Å²) in [5, 5.41) is 4.22. The van der Waals surface area contributed by atoms with E-state index >= 15 is 0 Å². The van der Waals surface area contributed by atoms with Gasteiger partial charge in [-0.3, -0.25) is 4.79 Å². The second-order valence-corrected chi connectivity index (χ2v) is 9.93. The first-order valence-corrected chi connectivity index (χ1v) is 13.2. The van der Waals surface area contributed by atoms with Gasteiger partial charge in [0, 0.05) is 34.8 Å². The topological polar surface area (TPSA) is 52.5 Å². The fourth-order valence-electron chi connectivity index (χ4n) is 5.05. The fourth-order valence-corrected chi connectivity index (χ4v) is 5.05. The summed E-state index contributed by atoms with van der Waals surface area (Å²) < 4.78 is 13.1. The summed E-state index contributed by atoms with van der Waals surface area (Å²) in [6, 6.07) is 30.6. The van der Waals surface area contributed by atoms with Gasteiger partial charge < -0.3 is 19.4 Å². The Labute approximate surface area is 230 Å². The lowest BCUT2D eigenvalue weighted by atomic mass is 10.0. The summed E-state index contributed by atoms with van der Waals surface area (Å²) in [7, 11) is 3.24. The minimum absolute atomic E-state index is 0.118. The second-order valence-electron chi connectivity index (χ2n) is 9.93. The molecule has 1 amide bonds. The molecule has 1 N–H and O–H groups in total. The van der Waals surface area contributed by atoms with Crippen molar-refractivity contribution in [1.29, 1.82) is 0 Å². The number of aromatic nitrogens is 1. The molecule has 0 aliphatic rings.